The summed E-state index contributed by atoms with van der Waals surface area (Å²) in [5.74, 6) is 0.368. The normalized spacial score (nSPS) is 10.9. The Kier molecular flexibility index (Phi) is 5.13. The number of thiocarbonyl (C=S) groups is 1. The molecule has 0 aliphatic heterocycles. The number of aromatic nitrogens is 2. The van der Waals surface area contributed by atoms with Gasteiger partial charge in [0, 0.05) is 5.69 Å². The molecule has 0 atom stereocenters. The zero-order valence-electron chi connectivity index (χ0n) is 11.1. The lowest BCUT2D eigenvalue weighted by atomic mass is 10.3. The monoisotopic (exact) mass is 303 g/mol. The van der Waals surface area contributed by atoms with Crippen LogP contribution in [-0.4, -0.2) is 33.2 Å². The molecule has 7 nitrogen and oxygen atoms in total. The second-order valence-corrected chi connectivity index (χ2v) is 4.20. The third-order valence-electron chi connectivity index (χ3n) is 2.41. The molecule has 0 spiro atoms. The Bertz CT molecular complexity index is 648. The Balaban J connectivity index is 2.17. The highest BCUT2D eigenvalue weighted by atomic mass is 32.1. The van der Waals surface area contributed by atoms with Gasteiger partial charge in [-0.1, -0.05) is 18.2 Å². The van der Waals surface area contributed by atoms with E-state index >= 15 is 0 Å². The van der Waals surface area contributed by atoms with Crippen molar-refractivity contribution >= 4 is 28.9 Å². The van der Waals surface area contributed by atoms with Crippen molar-refractivity contribution in [1.29, 1.82) is 0 Å². The summed E-state index contributed by atoms with van der Waals surface area (Å²) in [5.41, 5.74) is 3.04. The summed E-state index contributed by atoms with van der Waals surface area (Å²) in [6.45, 7) is 0. The van der Waals surface area contributed by atoms with Gasteiger partial charge in [0.2, 0.25) is 5.88 Å². The van der Waals surface area contributed by atoms with Gasteiger partial charge in [-0.15, -0.1) is 0 Å². The maximum Gasteiger partial charge on any atom is 0.232 e. The minimum atomic E-state index is 0.0647. The van der Waals surface area contributed by atoms with Crippen LogP contribution in [-0.2, 0) is 0 Å². The number of nitrogens with zero attached hydrogens (tertiary/aromatic N) is 3. The molecule has 0 fully saturated rings. The van der Waals surface area contributed by atoms with E-state index in [1.165, 1.54) is 19.5 Å². The van der Waals surface area contributed by atoms with Crippen molar-refractivity contribution in [2.75, 3.05) is 12.4 Å². The maximum absolute atomic E-state index is 9.18. The molecule has 0 aliphatic carbocycles. The molecule has 0 bridgehead atoms. The van der Waals surface area contributed by atoms with Crippen LogP contribution >= 0.6 is 12.2 Å². The first-order valence-corrected chi connectivity index (χ1v) is 6.35. The Labute approximate surface area is 126 Å². The number of para-hydroxylation sites is 1. The summed E-state index contributed by atoms with van der Waals surface area (Å²) in [4.78, 5) is 12.1. The number of nitrogens with one attached hydrogen (secondary N) is 2. The molecule has 2 aromatic rings. The van der Waals surface area contributed by atoms with E-state index in [-0.39, 0.29) is 10.9 Å². The number of benzene rings is 1. The van der Waals surface area contributed by atoms with E-state index in [1.807, 2.05) is 35.8 Å². The highest BCUT2D eigenvalue weighted by Crippen LogP contribution is 2.07. The number of hydroxylamine groups is 1. The molecule has 0 saturated carbocycles. The number of ether oxygens (including phenoxy) is 1. The number of methoxy groups -OCH3 is 1. The van der Waals surface area contributed by atoms with Crippen LogP contribution in [0.1, 0.15) is 5.69 Å². The first-order valence-electron chi connectivity index (χ1n) is 5.94. The Hall–Kier alpha value is -2.58. The lowest BCUT2D eigenvalue weighted by Crippen LogP contribution is -2.24. The van der Waals surface area contributed by atoms with E-state index in [0.29, 0.717) is 11.6 Å². The Morgan fingerprint density at radius 1 is 1.29 bits per heavy atom. The minimum Gasteiger partial charge on any atom is -0.480 e. The van der Waals surface area contributed by atoms with Crippen LogP contribution in [0.25, 0.3) is 0 Å². The van der Waals surface area contributed by atoms with Crippen LogP contribution in [0.4, 0.5) is 5.69 Å². The minimum absolute atomic E-state index is 0.0647. The lowest BCUT2D eigenvalue weighted by Gasteiger charge is -2.07. The highest BCUT2D eigenvalue weighted by molar-refractivity contribution is 7.80. The van der Waals surface area contributed by atoms with Crippen molar-refractivity contribution < 1.29 is 9.94 Å². The number of anilines is 1. The molecule has 0 amide bonds. The lowest BCUT2D eigenvalue weighted by molar-refractivity contribution is 0.235. The molecule has 3 N–H and O–H groups in total. The molecule has 1 aromatic carbocycles. The van der Waals surface area contributed by atoms with Gasteiger partial charge < -0.3 is 10.1 Å². The number of rotatable bonds is 3. The summed E-state index contributed by atoms with van der Waals surface area (Å²) in [6.07, 6.45) is 2.87. The van der Waals surface area contributed by atoms with Crippen molar-refractivity contribution in [3.05, 3.63) is 48.4 Å². The van der Waals surface area contributed by atoms with E-state index in [0.717, 1.165) is 5.69 Å². The van der Waals surface area contributed by atoms with Crippen LogP contribution in [0.2, 0.25) is 0 Å². The fourth-order valence-electron chi connectivity index (χ4n) is 1.47. The van der Waals surface area contributed by atoms with Gasteiger partial charge in [0.15, 0.2) is 10.9 Å². The van der Waals surface area contributed by atoms with Crippen LogP contribution in [0, 0.1) is 0 Å². The average Bonchev–Trinajstić information content (AvgIpc) is 2.53. The summed E-state index contributed by atoms with van der Waals surface area (Å²) >= 11 is 5.11. The van der Waals surface area contributed by atoms with Crippen LogP contribution < -0.4 is 15.5 Å². The molecule has 0 aliphatic rings. The molecule has 108 valence electrons. The molecule has 8 heteroatoms. The standard InChI is InChI=1S/C13H13N5O2S/c1-20-11-8-14-7-10(16-11)12(18-19)17-13(21)15-9-5-3-2-4-6-9/h2-8,19H,1H3,(H2,15,17,18,21). The molecule has 1 aromatic heterocycles. The van der Waals surface area contributed by atoms with Gasteiger partial charge in [-0.25, -0.2) is 4.98 Å². The molecule has 0 saturated heterocycles. The smallest absolute Gasteiger partial charge is 0.232 e. The van der Waals surface area contributed by atoms with E-state index in [4.69, 9.17) is 17.0 Å². The first-order chi connectivity index (χ1) is 10.2. The maximum atomic E-state index is 9.18. The highest BCUT2D eigenvalue weighted by Gasteiger charge is 2.08. The second kappa shape index (κ2) is 7.27. The Morgan fingerprint density at radius 3 is 2.71 bits per heavy atom. The second-order valence-electron chi connectivity index (χ2n) is 3.82. The number of aliphatic imine (C=N–C) groups is 1. The molecular weight excluding hydrogens is 290 g/mol. The SMILES string of the molecule is COc1cncc(/C(=N/C(=S)Nc2ccccc2)NO)n1. The molecule has 2 rings (SSSR count). The quantitative estimate of drug-likeness (QED) is 0.343. The Morgan fingerprint density at radius 2 is 2.05 bits per heavy atom. The average molecular weight is 303 g/mol. The fourth-order valence-corrected chi connectivity index (χ4v) is 1.68. The fraction of sp³-hybridized carbons (Fsp3) is 0.0769. The summed E-state index contributed by atoms with van der Waals surface area (Å²) in [6, 6.07) is 9.32. The van der Waals surface area contributed by atoms with Crippen molar-refractivity contribution in [2.45, 2.75) is 0 Å². The molecule has 0 radical (unpaired) electrons. The van der Waals surface area contributed by atoms with Crippen LogP contribution in [0.3, 0.4) is 0 Å². The van der Waals surface area contributed by atoms with Gasteiger partial charge in [-0.05, 0) is 24.4 Å². The van der Waals surface area contributed by atoms with Crippen LogP contribution in [0.15, 0.2) is 47.7 Å². The zero-order chi connectivity index (χ0) is 15.1. The summed E-state index contributed by atoms with van der Waals surface area (Å²) < 4.78 is 4.96. The van der Waals surface area contributed by atoms with Crippen molar-refractivity contribution in [3.63, 3.8) is 0 Å². The van der Waals surface area contributed by atoms with Crippen molar-refractivity contribution in [1.82, 2.24) is 15.4 Å². The predicted molar refractivity (Wildman–Crippen MR) is 82.7 cm³/mol. The van der Waals surface area contributed by atoms with Gasteiger partial charge in [0.1, 0.15) is 5.69 Å². The third kappa shape index (κ3) is 4.20. The number of amidine groups is 1. The van der Waals surface area contributed by atoms with Crippen molar-refractivity contribution in [2.24, 2.45) is 4.99 Å². The number of hydrogen-bond donors (Lipinski definition) is 3. The van der Waals surface area contributed by atoms with Crippen LogP contribution in [0.5, 0.6) is 5.88 Å². The van der Waals surface area contributed by atoms with E-state index in [1.54, 1.807) is 0 Å². The van der Waals surface area contributed by atoms with E-state index in [9.17, 15) is 5.21 Å². The van der Waals surface area contributed by atoms with E-state index in [2.05, 4.69) is 20.3 Å². The molecular formula is C13H13N5O2S. The van der Waals surface area contributed by atoms with E-state index < -0.39 is 0 Å². The molecule has 1 heterocycles. The predicted octanol–water partition coefficient (Wildman–Crippen LogP) is 1.61. The first kappa shape index (κ1) is 14.8. The molecule has 21 heavy (non-hydrogen) atoms. The van der Waals surface area contributed by atoms with Gasteiger partial charge in [0.05, 0.1) is 19.5 Å². The van der Waals surface area contributed by atoms with Crippen molar-refractivity contribution in [3.8, 4) is 5.88 Å². The van der Waals surface area contributed by atoms with Gasteiger partial charge in [0.25, 0.3) is 0 Å². The zero-order valence-corrected chi connectivity index (χ0v) is 12.0. The molecule has 0 unspecified atom stereocenters. The largest absolute Gasteiger partial charge is 0.480 e. The summed E-state index contributed by atoms with van der Waals surface area (Å²) in [5, 5.41) is 12.3. The summed E-state index contributed by atoms with van der Waals surface area (Å²) in [7, 11) is 1.47. The third-order valence-corrected chi connectivity index (χ3v) is 2.60. The number of hydrogen-bond acceptors (Lipinski definition) is 5. The topological polar surface area (TPSA) is 91.7 Å². The van der Waals surface area contributed by atoms with Gasteiger partial charge in [-0.3, -0.25) is 15.7 Å². The van der Waals surface area contributed by atoms with Gasteiger partial charge >= 0.3 is 0 Å². The van der Waals surface area contributed by atoms with Gasteiger partial charge in [-0.2, -0.15) is 4.99 Å².